The molecule has 2 heterocycles. The van der Waals surface area contributed by atoms with Crippen LogP contribution in [0.15, 0.2) is 12.2 Å². The highest BCUT2D eigenvalue weighted by atomic mass is 31.2. The van der Waals surface area contributed by atoms with Gasteiger partial charge in [-0.1, -0.05) is 322 Å². The molecule has 2 saturated heterocycles. The molecular formula is C87H161O25P. The lowest BCUT2D eigenvalue weighted by atomic mass is 9.84. The number of phosphoric ester groups is 1. The summed E-state index contributed by atoms with van der Waals surface area (Å²) in [6.45, 7) is 5.56. The number of phosphoric acid groups is 1. The van der Waals surface area contributed by atoms with E-state index in [1.807, 2.05) is 0 Å². The molecule has 1 saturated carbocycles. The number of hydrogen-bond donors (Lipinski definition) is 10. The number of carbonyl (C=O) groups excluding carboxylic acids is 4. The minimum Gasteiger partial charge on any atom is -0.463 e. The highest BCUT2D eigenvalue weighted by Crippen LogP contribution is 2.49. The summed E-state index contributed by atoms with van der Waals surface area (Å²) in [7, 11) is -5.80. The maximum Gasteiger partial charge on any atom is 0.472 e. The van der Waals surface area contributed by atoms with Gasteiger partial charge in [0.25, 0.3) is 0 Å². The minimum absolute atomic E-state index is 0.0165. The maximum atomic E-state index is 14.9. The van der Waals surface area contributed by atoms with Crippen molar-refractivity contribution in [3.8, 4) is 0 Å². The number of aliphatic hydroxyl groups is 9. The molecular weight excluding hydrogens is 1480 g/mol. The molecule has 26 heteroatoms. The van der Waals surface area contributed by atoms with Crippen LogP contribution in [0.5, 0.6) is 0 Å². The number of carbonyl (C=O) groups is 4. The van der Waals surface area contributed by atoms with Crippen molar-refractivity contribution in [2.75, 3.05) is 26.4 Å². The van der Waals surface area contributed by atoms with E-state index in [-0.39, 0.29) is 25.7 Å². The van der Waals surface area contributed by atoms with Crippen LogP contribution in [0.25, 0.3) is 0 Å². The van der Waals surface area contributed by atoms with Gasteiger partial charge >= 0.3 is 31.7 Å². The third-order valence-electron chi connectivity index (χ3n) is 22.3. The fraction of sp³-hybridized carbons (Fsp3) is 0.931. The van der Waals surface area contributed by atoms with Crippen LogP contribution >= 0.6 is 7.82 Å². The monoisotopic (exact) mass is 1640 g/mol. The van der Waals surface area contributed by atoms with E-state index in [0.29, 0.717) is 32.1 Å². The van der Waals surface area contributed by atoms with Crippen LogP contribution in [0.1, 0.15) is 387 Å². The molecule has 0 bridgehead atoms. The summed E-state index contributed by atoms with van der Waals surface area (Å²) in [4.78, 5) is 66.3. The number of hydrogen-bond acceptors (Lipinski definition) is 24. The van der Waals surface area contributed by atoms with E-state index in [1.165, 1.54) is 173 Å². The normalized spacial score (nSPS) is 25.5. The van der Waals surface area contributed by atoms with E-state index in [9.17, 15) is 74.6 Å². The predicted octanol–water partition coefficient (Wildman–Crippen LogP) is 16.0. The Hall–Kier alpha value is -2.79. The van der Waals surface area contributed by atoms with Crippen LogP contribution in [0.4, 0.5) is 0 Å². The van der Waals surface area contributed by atoms with Gasteiger partial charge in [0.1, 0.15) is 92.6 Å². The van der Waals surface area contributed by atoms with Crippen molar-refractivity contribution in [2.24, 2.45) is 0 Å². The quantitative estimate of drug-likeness (QED) is 0.00889. The molecule has 18 unspecified atom stereocenters. The van der Waals surface area contributed by atoms with Crippen molar-refractivity contribution in [3.63, 3.8) is 0 Å². The van der Waals surface area contributed by atoms with Crippen LogP contribution in [-0.4, -0.2) is 205 Å². The number of aliphatic hydroxyl groups excluding tert-OH is 9. The summed E-state index contributed by atoms with van der Waals surface area (Å²) in [5, 5.41) is 102. The maximum absolute atomic E-state index is 14.9. The topological polar surface area (TPSA) is 380 Å². The molecule has 0 radical (unpaired) electrons. The molecule has 3 fully saturated rings. The first-order valence-corrected chi connectivity index (χ1v) is 46.9. The van der Waals surface area contributed by atoms with Gasteiger partial charge in [0, 0.05) is 25.7 Å². The smallest absolute Gasteiger partial charge is 0.463 e. The highest BCUT2D eigenvalue weighted by Gasteiger charge is 2.60. The molecule has 1 aliphatic carbocycles. The van der Waals surface area contributed by atoms with Gasteiger partial charge in [-0.3, -0.25) is 28.2 Å². The van der Waals surface area contributed by atoms with Crippen molar-refractivity contribution in [2.45, 2.75) is 491 Å². The van der Waals surface area contributed by atoms with Gasteiger partial charge < -0.3 is 88.7 Å². The fourth-order valence-corrected chi connectivity index (χ4v) is 16.0. The van der Waals surface area contributed by atoms with Gasteiger partial charge in [0.05, 0.1) is 13.2 Å². The van der Waals surface area contributed by atoms with Crippen LogP contribution in [0.3, 0.4) is 0 Å². The van der Waals surface area contributed by atoms with Crippen molar-refractivity contribution in [1.82, 2.24) is 0 Å². The lowest BCUT2D eigenvalue weighted by molar-refractivity contribution is -0.360. The van der Waals surface area contributed by atoms with E-state index < -0.39 is 162 Å². The van der Waals surface area contributed by atoms with Crippen molar-refractivity contribution >= 4 is 31.7 Å². The first kappa shape index (κ1) is 104. The minimum atomic E-state index is -5.80. The first-order chi connectivity index (χ1) is 54.7. The number of rotatable bonds is 73. The average Bonchev–Trinajstić information content (AvgIpc) is 0.754. The molecule has 0 aromatic heterocycles. The standard InChI is InChI=1S/C87H161O25P/c1-5-9-13-17-21-25-29-33-34-38-40-44-48-52-56-60-71(90)104-66-69-75(94)77(96)81(100)87(108-69)111-84-82(109-73(92)62-58-54-50-46-42-37-32-28-24-20-16-12-8-4)78(97)79(98)83(110-86-80(99)76(95)74(93)68(63-88)107-86)85(84)112-113(101,102)105-65-67(106-72(91)61-57-53-49-45-41-36-31-27-23-19-15-11-7-3)64-103-70(89)59-55-51-47-43-39-35-30-26-22-18-14-10-6-2/h35,39,67-69,74-88,93-100H,5-34,36-38,40-66H2,1-4H3,(H,101,102)/b39-35-. The largest absolute Gasteiger partial charge is 0.472 e. The summed E-state index contributed by atoms with van der Waals surface area (Å²) in [6.07, 6.45) is 23.7. The molecule has 0 amide bonds. The van der Waals surface area contributed by atoms with Crippen molar-refractivity contribution < 1.29 is 122 Å². The Morgan fingerprint density at radius 3 is 1.06 bits per heavy atom. The average molecular weight is 1640 g/mol. The van der Waals surface area contributed by atoms with Gasteiger partial charge in [-0.15, -0.1) is 0 Å². The van der Waals surface area contributed by atoms with E-state index >= 15 is 0 Å². The summed E-state index contributed by atoms with van der Waals surface area (Å²) in [5.41, 5.74) is 0. The summed E-state index contributed by atoms with van der Waals surface area (Å²) in [5.74, 6) is -2.97. The summed E-state index contributed by atoms with van der Waals surface area (Å²) >= 11 is 0. The predicted molar refractivity (Wildman–Crippen MR) is 435 cm³/mol. The zero-order chi connectivity index (χ0) is 82.5. The van der Waals surface area contributed by atoms with E-state index in [0.717, 1.165) is 128 Å². The molecule has 3 rings (SSSR count). The molecule has 0 aromatic rings. The van der Waals surface area contributed by atoms with Gasteiger partial charge in [0.15, 0.2) is 24.8 Å². The van der Waals surface area contributed by atoms with Crippen molar-refractivity contribution in [1.29, 1.82) is 0 Å². The summed E-state index contributed by atoms with van der Waals surface area (Å²) in [6, 6.07) is 0. The Morgan fingerprint density at radius 1 is 0.345 bits per heavy atom. The Morgan fingerprint density at radius 2 is 0.664 bits per heavy atom. The Labute approximate surface area is 680 Å². The molecule has 664 valence electrons. The van der Waals surface area contributed by atoms with Crippen LogP contribution in [0.2, 0.25) is 0 Å². The lowest BCUT2D eigenvalue weighted by Crippen LogP contribution is -2.70. The molecule has 0 aromatic carbocycles. The third-order valence-corrected chi connectivity index (χ3v) is 23.3. The second-order valence-electron chi connectivity index (χ2n) is 32.5. The number of allylic oxidation sites excluding steroid dienone is 2. The Bertz CT molecular complexity index is 2410. The highest BCUT2D eigenvalue weighted by molar-refractivity contribution is 7.47. The van der Waals surface area contributed by atoms with Crippen LogP contribution < -0.4 is 0 Å². The first-order valence-electron chi connectivity index (χ1n) is 45.4. The molecule has 2 aliphatic heterocycles. The van der Waals surface area contributed by atoms with Gasteiger partial charge in [-0.25, -0.2) is 4.57 Å². The van der Waals surface area contributed by atoms with Crippen LogP contribution in [0, 0.1) is 0 Å². The molecule has 10 N–H and O–H groups in total. The molecule has 113 heavy (non-hydrogen) atoms. The number of esters is 4. The Kier molecular flexibility index (Phi) is 61.8. The van der Waals surface area contributed by atoms with Crippen molar-refractivity contribution in [3.05, 3.63) is 12.2 Å². The zero-order valence-corrected chi connectivity index (χ0v) is 71.3. The lowest BCUT2D eigenvalue weighted by Gasteiger charge is -2.50. The molecule has 0 spiro atoms. The number of ether oxygens (including phenoxy) is 8. The second kappa shape index (κ2) is 66.9. The zero-order valence-electron chi connectivity index (χ0n) is 70.4. The van der Waals surface area contributed by atoms with E-state index in [4.69, 9.17) is 46.9 Å². The summed E-state index contributed by atoms with van der Waals surface area (Å²) < 4.78 is 73.2. The number of unbranched alkanes of at least 4 members (excludes halogenated alkanes) is 47. The van der Waals surface area contributed by atoms with Crippen LogP contribution in [-0.2, 0) is 70.7 Å². The van der Waals surface area contributed by atoms with E-state index in [1.54, 1.807) is 0 Å². The Balaban J connectivity index is 1.93. The molecule has 18 atom stereocenters. The van der Waals surface area contributed by atoms with Gasteiger partial charge in [0.2, 0.25) is 0 Å². The molecule has 25 nitrogen and oxygen atoms in total. The fourth-order valence-electron chi connectivity index (χ4n) is 15.0. The third kappa shape index (κ3) is 47.7. The van der Waals surface area contributed by atoms with Gasteiger partial charge in [-0.2, -0.15) is 0 Å². The van der Waals surface area contributed by atoms with Gasteiger partial charge in [-0.05, 0) is 51.4 Å². The second-order valence-corrected chi connectivity index (χ2v) is 33.9. The molecule has 3 aliphatic rings. The van der Waals surface area contributed by atoms with E-state index in [2.05, 4.69) is 39.8 Å². The SMILES string of the molecule is CCCCCCCC/C=C\CCCCCC(=O)OCC(COP(=O)(O)OC1C(OC2OC(CO)C(O)C(O)C2O)C(O)C(O)C(OC(=O)CCCCCCCCCCCCCCC)C1OC1OC(COC(=O)CCCCCCCCCCCCCCCCC)C(O)C(O)C1O)OC(=O)CCCCCCCCCCCCCCC.